The van der Waals surface area contributed by atoms with Crippen LogP contribution < -0.4 is 20.1 Å². The highest BCUT2D eigenvalue weighted by Gasteiger charge is 2.22. The van der Waals surface area contributed by atoms with Crippen molar-refractivity contribution in [1.29, 1.82) is 0 Å². The standard InChI is InChI=1S/C58H48FN3O6/c1-38(60-51-14-6-2-12-49(51)56(63)41-22-26-43(59)27-23-41)36-39-20-30-45(31-21-39)68-46-32-24-42(25-33-46)57(64)50-13-3-7-15-52(50)61-53(58(65)66)37-40-18-28-44(29-19-40)67-35-34-62-54-16-8-4-10-47(54)48-11-5-9-17-55(48)62/h2-33,38,53,60-61H,34-37H2,1H3,(H,65,66). The van der Waals surface area contributed by atoms with E-state index in [1.807, 2.05) is 85.8 Å². The predicted octanol–water partition coefficient (Wildman–Crippen LogP) is 12.4. The molecule has 0 aliphatic rings. The van der Waals surface area contributed by atoms with Gasteiger partial charge in [-0.25, -0.2) is 9.18 Å². The molecule has 9 nitrogen and oxygen atoms in total. The first-order chi connectivity index (χ1) is 33.2. The Hall–Kier alpha value is -8.50. The number of ether oxygens (including phenoxy) is 2. The maximum absolute atomic E-state index is 13.9. The molecule has 10 heteroatoms. The van der Waals surface area contributed by atoms with Crippen molar-refractivity contribution < 1.29 is 33.4 Å². The molecule has 68 heavy (non-hydrogen) atoms. The zero-order valence-electron chi connectivity index (χ0n) is 37.3. The fourth-order valence-corrected chi connectivity index (χ4v) is 8.54. The van der Waals surface area contributed by atoms with Gasteiger partial charge in [0, 0.05) is 67.9 Å². The van der Waals surface area contributed by atoms with E-state index in [-0.39, 0.29) is 24.0 Å². The molecular weight excluding hydrogens is 854 g/mol. The van der Waals surface area contributed by atoms with Crippen molar-refractivity contribution in [2.24, 2.45) is 0 Å². The van der Waals surface area contributed by atoms with Crippen LogP contribution >= 0.6 is 0 Å². The van der Waals surface area contributed by atoms with Gasteiger partial charge in [0.05, 0.1) is 6.54 Å². The average Bonchev–Trinajstić information content (AvgIpc) is 3.68. The van der Waals surface area contributed by atoms with E-state index in [1.165, 1.54) is 35.0 Å². The molecule has 8 aromatic carbocycles. The summed E-state index contributed by atoms with van der Waals surface area (Å²) in [5.74, 6) is -0.0310. The molecule has 0 radical (unpaired) electrons. The van der Waals surface area contributed by atoms with E-state index in [0.29, 0.717) is 70.4 Å². The molecule has 0 spiro atoms. The highest BCUT2D eigenvalue weighted by atomic mass is 19.1. The summed E-state index contributed by atoms with van der Waals surface area (Å²) in [6.07, 6.45) is 0.855. The number of nitrogens with zero attached hydrogens (tertiary/aromatic N) is 1. The van der Waals surface area contributed by atoms with Crippen LogP contribution in [0.5, 0.6) is 17.2 Å². The number of ketones is 2. The molecule has 0 saturated heterocycles. The molecule has 2 unspecified atom stereocenters. The molecule has 0 aliphatic heterocycles. The third kappa shape index (κ3) is 10.3. The van der Waals surface area contributed by atoms with Gasteiger partial charge < -0.3 is 29.8 Å². The van der Waals surface area contributed by atoms with Crippen LogP contribution in [0.3, 0.4) is 0 Å². The van der Waals surface area contributed by atoms with Crippen molar-refractivity contribution in [1.82, 2.24) is 4.57 Å². The molecule has 3 N–H and O–H groups in total. The van der Waals surface area contributed by atoms with Gasteiger partial charge in [0.15, 0.2) is 11.6 Å². The fourth-order valence-electron chi connectivity index (χ4n) is 8.54. The minimum Gasteiger partial charge on any atom is -0.492 e. The van der Waals surface area contributed by atoms with E-state index in [2.05, 4.69) is 51.6 Å². The summed E-state index contributed by atoms with van der Waals surface area (Å²) in [5, 5.41) is 19.3. The summed E-state index contributed by atoms with van der Waals surface area (Å²) in [6, 6.07) is 57.5. The summed E-state index contributed by atoms with van der Waals surface area (Å²) in [7, 11) is 0. The topological polar surface area (TPSA) is 119 Å². The summed E-state index contributed by atoms with van der Waals surface area (Å²) in [5.41, 5.74) is 6.99. The van der Waals surface area contributed by atoms with Gasteiger partial charge >= 0.3 is 5.97 Å². The number of nitrogens with one attached hydrogen (secondary N) is 2. The van der Waals surface area contributed by atoms with Crippen molar-refractivity contribution in [3.63, 3.8) is 0 Å². The largest absolute Gasteiger partial charge is 0.492 e. The Morgan fingerprint density at radius 3 is 1.56 bits per heavy atom. The summed E-state index contributed by atoms with van der Waals surface area (Å²) < 4.78 is 28.0. The van der Waals surface area contributed by atoms with E-state index in [4.69, 9.17) is 9.47 Å². The van der Waals surface area contributed by atoms with Gasteiger partial charge in [-0.15, -0.1) is 0 Å². The summed E-state index contributed by atoms with van der Waals surface area (Å²) in [4.78, 5) is 39.6. The van der Waals surface area contributed by atoms with E-state index < -0.39 is 17.8 Å². The smallest absolute Gasteiger partial charge is 0.326 e. The number of anilines is 2. The molecule has 9 aromatic rings. The van der Waals surface area contributed by atoms with Crippen LogP contribution in [0.15, 0.2) is 194 Å². The maximum Gasteiger partial charge on any atom is 0.326 e. The number of halogens is 1. The van der Waals surface area contributed by atoms with Crippen LogP contribution in [0.25, 0.3) is 21.8 Å². The Morgan fingerprint density at radius 1 is 0.544 bits per heavy atom. The molecule has 2 atom stereocenters. The number of hydrogen-bond donors (Lipinski definition) is 3. The molecular formula is C58H48FN3O6. The van der Waals surface area contributed by atoms with Gasteiger partial charge in [-0.05, 0) is 134 Å². The van der Waals surface area contributed by atoms with E-state index >= 15 is 0 Å². The lowest BCUT2D eigenvalue weighted by molar-refractivity contribution is -0.137. The van der Waals surface area contributed by atoms with Gasteiger partial charge in [0.25, 0.3) is 0 Å². The number of carbonyl (C=O) groups excluding carboxylic acids is 2. The van der Waals surface area contributed by atoms with Gasteiger partial charge in [-0.3, -0.25) is 9.59 Å². The molecule has 1 aromatic heterocycles. The van der Waals surface area contributed by atoms with Gasteiger partial charge in [-0.1, -0.05) is 84.9 Å². The fraction of sp³-hybridized carbons (Fsp3) is 0.121. The second-order valence-electron chi connectivity index (χ2n) is 16.7. The minimum absolute atomic E-state index is 0.0158. The number of benzene rings is 8. The molecule has 0 aliphatic carbocycles. The Bertz CT molecular complexity index is 3170. The number of fused-ring (bicyclic) bond motifs is 3. The van der Waals surface area contributed by atoms with Gasteiger partial charge in [0.2, 0.25) is 0 Å². The third-order valence-corrected chi connectivity index (χ3v) is 11.9. The zero-order valence-corrected chi connectivity index (χ0v) is 37.3. The number of para-hydroxylation sites is 4. The number of hydrogen-bond acceptors (Lipinski definition) is 7. The van der Waals surface area contributed by atoms with Crippen LogP contribution in [-0.4, -0.2) is 45.9 Å². The van der Waals surface area contributed by atoms with E-state index in [9.17, 15) is 23.9 Å². The van der Waals surface area contributed by atoms with Crippen molar-refractivity contribution in [3.05, 3.63) is 233 Å². The zero-order chi connectivity index (χ0) is 47.0. The van der Waals surface area contributed by atoms with Crippen molar-refractivity contribution in [2.75, 3.05) is 17.2 Å². The first-order valence-corrected chi connectivity index (χ1v) is 22.5. The van der Waals surface area contributed by atoms with E-state index in [1.54, 1.807) is 54.6 Å². The predicted molar refractivity (Wildman–Crippen MR) is 266 cm³/mol. The Balaban J connectivity index is 0.779. The number of carboxylic acids is 1. The Kier molecular flexibility index (Phi) is 13.4. The van der Waals surface area contributed by atoms with Crippen molar-refractivity contribution >= 4 is 50.7 Å². The molecule has 1 heterocycles. The highest BCUT2D eigenvalue weighted by molar-refractivity contribution is 6.13. The maximum atomic E-state index is 13.9. The molecule has 0 saturated carbocycles. The number of rotatable bonds is 19. The lowest BCUT2D eigenvalue weighted by atomic mass is 10.00. The van der Waals surface area contributed by atoms with Crippen LogP contribution in [-0.2, 0) is 24.2 Å². The normalized spacial score (nSPS) is 12.0. The molecule has 0 amide bonds. The minimum atomic E-state index is -1.04. The number of carbonyl (C=O) groups is 3. The molecule has 0 fully saturated rings. The SMILES string of the molecule is CC(Cc1ccc(Oc2ccc(C(=O)c3ccccc3NC(Cc3ccc(OCCn4c5ccccc5c5ccccc54)cc3)C(=O)O)cc2)cc1)Nc1ccccc1C(=O)c1ccc(F)cc1. The first-order valence-electron chi connectivity index (χ1n) is 22.5. The number of aromatic nitrogens is 1. The lowest BCUT2D eigenvalue weighted by Gasteiger charge is -2.19. The Morgan fingerprint density at radius 2 is 1.00 bits per heavy atom. The van der Waals surface area contributed by atoms with Crippen molar-refractivity contribution in [3.8, 4) is 17.2 Å². The third-order valence-electron chi connectivity index (χ3n) is 11.9. The van der Waals surface area contributed by atoms with Crippen molar-refractivity contribution in [2.45, 2.75) is 38.4 Å². The molecule has 338 valence electrons. The van der Waals surface area contributed by atoms with Crippen LogP contribution in [0, 0.1) is 5.82 Å². The van der Waals surface area contributed by atoms with Gasteiger partial charge in [0.1, 0.15) is 35.7 Å². The van der Waals surface area contributed by atoms with Crippen LogP contribution in [0.4, 0.5) is 15.8 Å². The van der Waals surface area contributed by atoms with Crippen LogP contribution in [0.2, 0.25) is 0 Å². The van der Waals surface area contributed by atoms with Crippen LogP contribution in [0.1, 0.15) is 49.9 Å². The second-order valence-corrected chi connectivity index (χ2v) is 16.7. The number of carboxylic acid groups (broad SMARTS) is 1. The number of aliphatic carboxylic acids is 1. The quantitative estimate of drug-likeness (QED) is 0.0687. The second kappa shape index (κ2) is 20.3. The van der Waals surface area contributed by atoms with E-state index in [0.717, 1.165) is 22.2 Å². The molecule has 9 rings (SSSR count). The Labute approximate surface area is 393 Å². The average molecular weight is 902 g/mol. The summed E-state index contributed by atoms with van der Waals surface area (Å²) in [6.45, 7) is 3.16. The first kappa shape index (κ1) is 44.7. The monoisotopic (exact) mass is 901 g/mol. The highest BCUT2D eigenvalue weighted by Crippen LogP contribution is 2.30. The molecule has 0 bridgehead atoms. The summed E-state index contributed by atoms with van der Waals surface area (Å²) >= 11 is 0. The lowest BCUT2D eigenvalue weighted by Crippen LogP contribution is -2.32. The van der Waals surface area contributed by atoms with Gasteiger partial charge in [-0.2, -0.15) is 0 Å².